The van der Waals surface area contributed by atoms with E-state index < -0.39 is 11.8 Å². The highest BCUT2D eigenvalue weighted by Gasteiger charge is 2.19. The van der Waals surface area contributed by atoms with Gasteiger partial charge in [0.05, 0.1) is 12.3 Å². The summed E-state index contributed by atoms with van der Waals surface area (Å²) >= 11 is 0. The lowest BCUT2D eigenvalue weighted by Gasteiger charge is -2.11. The van der Waals surface area contributed by atoms with Crippen LogP contribution < -0.4 is 20.8 Å². The highest BCUT2D eigenvalue weighted by Crippen LogP contribution is 2.17. The molecule has 0 aromatic heterocycles. The molecule has 1 heterocycles. The second-order valence-corrected chi connectivity index (χ2v) is 7.23. The lowest BCUT2D eigenvalue weighted by atomic mass is 10.2. The number of amides is 3. The topological polar surface area (TPSA) is 118 Å². The van der Waals surface area contributed by atoms with Gasteiger partial charge in [0.25, 0.3) is 5.91 Å². The highest BCUT2D eigenvalue weighted by atomic mass is 16.5. The zero-order valence-corrected chi connectivity index (χ0v) is 17.8. The van der Waals surface area contributed by atoms with Crippen LogP contribution in [0, 0.1) is 6.92 Å². The van der Waals surface area contributed by atoms with Crippen molar-refractivity contribution in [2.45, 2.75) is 25.9 Å². The molecule has 32 heavy (non-hydrogen) atoms. The molecule has 2 aromatic carbocycles. The monoisotopic (exact) mass is 438 g/mol. The van der Waals surface area contributed by atoms with Gasteiger partial charge in [0, 0.05) is 24.4 Å². The summed E-state index contributed by atoms with van der Waals surface area (Å²) in [6.45, 7) is 2.67. The minimum atomic E-state index is -0.879. The van der Waals surface area contributed by atoms with Gasteiger partial charge in [0.1, 0.15) is 5.75 Å². The fourth-order valence-electron chi connectivity index (χ4n) is 3.06. The maximum absolute atomic E-state index is 12.2. The Morgan fingerprint density at radius 3 is 2.69 bits per heavy atom. The molecule has 168 valence electrons. The molecule has 0 bridgehead atoms. The Morgan fingerprint density at radius 1 is 1.12 bits per heavy atom. The van der Waals surface area contributed by atoms with Gasteiger partial charge in [-0.05, 0) is 43.5 Å². The molecular weight excluding hydrogens is 412 g/mol. The number of aryl methyl sites for hydroxylation is 1. The average molecular weight is 438 g/mol. The van der Waals surface area contributed by atoms with E-state index >= 15 is 0 Å². The fourth-order valence-corrected chi connectivity index (χ4v) is 3.06. The molecule has 3 rings (SSSR count). The van der Waals surface area contributed by atoms with Crippen molar-refractivity contribution < 1.29 is 23.9 Å². The van der Waals surface area contributed by atoms with Crippen LogP contribution in [-0.4, -0.2) is 49.8 Å². The first-order valence-corrected chi connectivity index (χ1v) is 10.3. The summed E-state index contributed by atoms with van der Waals surface area (Å²) in [5, 5.41) is 9.13. The van der Waals surface area contributed by atoms with E-state index in [-0.39, 0.29) is 25.2 Å². The number of ether oxygens (including phenoxy) is 2. The average Bonchev–Trinajstić information content (AvgIpc) is 3.32. The summed E-state index contributed by atoms with van der Waals surface area (Å²) in [6.07, 6.45) is 3.11. The van der Waals surface area contributed by atoms with Crippen molar-refractivity contribution in [2.75, 3.05) is 25.1 Å². The zero-order chi connectivity index (χ0) is 22.8. The number of hydrazone groups is 1. The predicted molar refractivity (Wildman–Crippen MR) is 119 cm³/mol. The molecule has 0 spiro atoms. The molecule has 0 unspecified atom stereocenters. The number of benzene rings is 2. The van der Waals surface area contributed by atoms with Gasteiger partial charge in [-0.3, -0.25) is 14.4 Å². The fraction of sp³-hybridized carbons (Fsp3) is 0.304. The van der Waals surface area contributed by atoms with Crippen LogP contribution in [0.4, 0.5) is 5.69 Å². The van der Waals surface area contributed by atoms with E-state index in [4.69, 9.17) is 9.47 Å². The SMILES string of the molecule is Cc1ccccc1NC(=O)COc1ccccc1/C=N\NC(=O)C(=O)NC[C@@H]1CCCO1. The molecule has 1 aliphatic heterocycles. The van der Waals surface area contributed by atoms with Crippen LogP contribution in [0.3, 0.4) is 0 Å². The first kappa shape index (κ1) is 23.0. The largest absolute Gasteiger partial charge is 0.483 e. The van der Waals surface area contributed by atoms with Crippen molar-refractivity contribution in [3.8, 4) is 5.75 Å². The Balaban J connectivity index is 1.48. The molecule has 0 saturated carbocycles. The van der Waals surface area contributed by atoms with Crippen LogP contribution in [0.2, 0.25) is 0 Å². The van der Waals surface area contributed by atoms with Crippen LogP contribution in [0.1, 0.15) is 24.0 Å². The Bertz CT molecular complexity index is 986. The Labute approximate surface area is 186 Å². The summed E-state index contributed by atoms with van der Waals surface area (Å²) in [5.41, 5.74) is 4.39. The molecule has 1 saturated heterocycles. The second-order valence-electron chi connectivity index (χ2n) is 7.23. The second kappa shape index (κ2) is 11.6. The summed E-state index contributed by atoms with van der Waals surface area (Å²) in [6, 6.07) is 14.4. The number of rotatable bonds is 8. The molecule has 1 atom stereocenters. The normalized spacial score (nSPS) is 15.3. The van der Waals surface area contributed by atoms with Crippen molar-refractivity contribution in [2.24, 2.45) is 5.10 Å². The third-order valence-corrected chi connectivity index (χ3v) is 4.79. The first-order valence-electron chi connectivity index (χ1n) is 10.3. The van der Waals surface area contributed by atoms with Gasteiger partial charge in [-0.15, -0.1) is 0 Å². The van der Waals surface area contributed by atoms with Crippen LogP contribution >= 0.6 is 0 Å². The van der Waals surface area contributed by atoms with Crippen LogP contribution in [-0.2, 0) is 19.1 Å². The number of hydrogen-bond donors (Lipinski definition) is 3. The first-order chi connectivity index (χ1) is 15.5. The number of nitrogens with one attached hydrogen (secondary N) is 3. The molecule has 1 aliphatic rings. The summed E-state index contributed by atoms with van der Waals surface area (Å²) in [5.74, 6) is -1.55. The maximum atomic E-state index is 12.2. The Kier molecular flexibility index (Phi) is 8.33. The van der Waals surface area contributed by atoms with Gasteiger partial charge in [0.15, 0.2) is 6.61 Å². The highest BCUT2D eigenvalue weighted by molar-refractivity contribution is 6.35. The van der Waals surface area contributed by atoms with Crippen LogP contribution in [0.25, 0.3) is 0 Å². The van der Waals surface area contributed by atoms with Gasteiger partial charge in [-0.2, -0.15) is 5.10 Å². The molecule has 2 aromatic rings. The molecule has 9 heteroatoms. The lowest BCUT2D eigenvalue weighted by Crippen LogP contribution is -2.41. The van der Waals surface area contributed by atoms with Gasteiger partial charge < -0.3 is 20.1 Å². The molecule has 3 amide bonds. The van der Waals surface area contributed by atoms with Crippen molar-refractivity contribution in [1.29, 1.82) is 0 Å². The third kappa shape index (κ3) is 6.92. The molecule has 9 nitrogen and oxygen atoms in total. The molecular formula is C23H26N4O5. The minimum absolute atomic E-state index is 0.0534. The quantitative estimate of drug-likeness (QED) is 0.330. The van der Waals surface area contributed by atoms with E-state index in [1.165, 1.54) is 6.21 Å². The van der Waals surface area contributed by atoms with Crippen molar-refractivity contribution in [3.05, 3.63) is 59.7 Å². The molecule has 3 N–H and O–H groups in total. The van der Waals surface area contributed by atoms with Crippen molar-refractivity contribution in [3.63, 3.8) is 0 Å². The van der Waals surface area contributed by atoms with Crippen molar-refractivity contribution in [1.82, 2.24) is 10.7 Å². The third-order valence-electron chi connectivity index (χ3n) is 4.79. The summed E-state index contributed by atoms with van der Waals surface area (Å²) in [7, 11) is 0. The number of carbonyl (C=O) groups is 3. The summed E-state index contributed by atoms with van der Waals surface area (Å²) in [4.78, 5) is 35.9. The van der Waals surface area contributed by atoms with E-state index in [1.54, 1.807) is 24.3 Å². The van der Waals surface area contributed by atoms with E-state index in [9.17, 15) is 14.4 Å². The Morgan fingerprint density at radius 2 is 1.91 bits per heavy atom. The van der Waals surface area contributed by atoms with E-state index in [0.717, 1.165) is 24.1 Å². The summed E-state index contributed by atoms with van der Waals surface area (Å²) < 4.78 is 11.0. The van der Waals surface area contributed by atoms with Gasteiger partial charge in [-0.1, -0.05) is 30.3 Å². The number of para-hydroxylation sites is 2. The number of hydrogen-bond acceptors (Lipinski definition) is 6. The minimum Gasteiger partial charge on any atom is -0.483 e. The Hall–Kier alpha value is -3.72. The number of nitrogens with zero attached hydrogens (tertiary/aromatic N) is 1. The smallest absolute Gasteiger partial charge is 0.329 e. The van der Waals surface area contributed by atoms with E-state index in [0.29, 0.717) is 17.9 Å². The number of anilines is 1. The van der Waals surface area contributed by atoms with E-state index in [1.807, 2.05) is 31.2 Å². The van der Waals surface area contributed by atoms with Crippen LogP contribution in [0.15, 0.2) is 53.6 Å². The van der Waals surface area contributed by atoms with Gasteiger partial charge in [0.2, 0.25) is 0 Å². The van der Waals surface area contributed by atoms with Gasteiger partial charge >= 0.3 is 11.8 Å². The number of carbonyl (C=O) groups excluding carboxylic acids is 3. The maximum Gasteiger partial charge on any atom is 0.329 e. The van der Waals surface area contributed by atoms with E-state index in [2.05, 4.69) is 21.2 Å². The predicted octanol–water partition coefficient (Wildman–Crippen LogP) is 1.76. The molecule has 1 fully saturated rings. The molecule has 0 aliphatic carbocycles. The zero-order valence-electron chi connectivity index (χ0n) is 17.8. The van der Waals surface area contributed by atoms with Crippen LogP contribution in [0.5, 0.6) is 5.75 Å². The lowest BCUT2D eigenvalue weighted by molar-refractivity contribution is -0.139. The molecule has 0 radical (unpaired) electrons. The standard InChI is InChI=1S/C23H26N4O5/c1-16-7-2-4-10-19(16)26-21(28)15-32-20-11-5-3-8-17(20)13-25-27-23(30)22(29)24-14-18-9-6-12-31-18/h2-5,7-8,10-11,13,18H,6,9,12,14-15H2,1H3,(H,24,29)(H,26,28)(H,27,30)/b25-13-/t18-/m0/s1. The van der Waals surface area contributed by atoms with Crippen molar-refractivity contribution >= 4 is 29.6 Å². The van der Waals surface area contributed by atoms with Gasteiger partial charge in [-0.25, -0.2) is 5.43 Å².